The average molecular weight is 366 g/mol. The van der Waals surface area contributed by atoms with Crippen LogP contribution in [0.25, 0.3) is 21.8 Å². The van der Waals surface area contributed by atoms with E-state index in [-0.39, 0.29) is 31.6 Å². The van der Waals surface area contributed by atoms with Crippen molar-refractivity contribution in [3.63, 3.8) is 0 Å². The number of hydrogen-bond acceptors (Lipinski definition) is 4. The SMILES string of the molecule is O=C(Cn1c2ccccc2c(=O)c2ccccc21)NC1(C(=O)O)CCOC1. The maximum Gasteiger partial charge on any atom is 0.331 e. The van der Waals surface area contributed by atoms with Crippen molar-refractivity contribution in [3.8, 4) is 0 Å². The topological polar surface area (TPSA) is 97.6 Å². The molecule has 27 heavy (non-hydrogen) atoms. The molecule has 1 aromatic heterocycles. The zero-order valence-electron chi connectivity index (χ0n) is 14.5. The maximum atomic E-state index is 12.7. The molecular weight excluding hydrogens is 348 g/mol. The number of amides is 1. The number of carbonyl (C=O) groups excluding carboxylic acids is 1. The molecule has 7 heteroatoms. The number of ether oxygens (including phenoxy) is 1. The first-order valence-corrected chi connectivity index (χ1v) is 8.64. The summed E-state index contributed by atoms with van der Waals surface area (Å²) in [5.41, 5.74) is -0.238. The molecule has 2 N–H and O–H groups in total. The van der Waals surface area contributed by atoms with Crippen LogP contribution in [-0.2, 0) is 20.9 Å². The molecule has 0 saturated carbocycles. The predicted octanol–water partition coefficient (Wildman–Crippen LogP) is 1.51. The van der Waals surface area contributed by atoms with E-state index in [9.17, 15) is 19.5 Å². The third-order valence-electron chi connectivity index (χ3n) is 4.99. The molecule has 0 radical (unpaired) electrons. The Balaban J connectivity index is 1.79. The van der Waals surface area contributed by atoms with E-state index < -0.39 is 17.4 Å². The van der Waals surface area contributed by atoms with Crippen LogP contribution in [0.3, 0.4) is 0 Å². The van der Waals surface area contributed by atoms with E-state index in [0.717, 1.165) is 0 Å². The van der Waals surface area contributed by atoms with E-state index in [0.29, 0.717) is 21.8 Å². The van der Waals surface area contributed by atoms with Gasteiger partial charge in [-0.3, -0.25) is 9.59 Å². The monoisotopic (exact) mass is 366 g/mol. The van der Waals surface area contributed by atoms with Gasteiger partial charge in [-0.2, -0.15) is 0 Å². The van der Waals surface area contributed by atoms with Gasteiger partial charge in [0.1, 0.15) is 6.54 Å². The Kier molecular flexibility index (Phi) is 4.16. The number of carboxylic acids is 1. The molecule has 1 atom stereocenters. The summed E-state index contributed by atoms with van der Waals surface area (Å²) in [5.74, 6) is -1.55. The van der Waals surface area contributed by atoms with Gasteiger partial charge < -0.3 is 19.7 Å². The van der Waals surface area contributed by atoms with Gasteiger partial charge in [0.25, 0.3) is 0 Å². The van der Waals surface area contributed by atoms with Gasteiger partial charge in [-0.1, -0.05) is 24.3 Å². The van der Waals surface area contributed by atoms with Gasteiger partial charge in [-0.15, -0.1) is 0 Å². The number of hydrogen-bond donors (Lipinski definition) is 2. The molecule has 138 valence electrons. The lowest BCUT2D eigenvalue weighted by atomic mass is 9.99. The average Bonchev–Trinajstić information content (AvgIpc) is 3.15. The number of benzene rings is 2. The lowest BCUT2D eigenvalue weighted by Gasteiger charge is -2.24. The number of para-hydroxylation sites is 2. The van der Waals surface area contributed by atoms with E-state index in [1.807, 2.05) is 0 Å². The van der Waals surface area contributed by atoms with E-state index >= 15 is 0 Å². The van der Waals surface area contributed by atoms with Crippen LogP contribution >= 0.6 is 0 Å². The molecule has 4 rings (SSSR count). The fraction of sp³-hybridized carbons (Fsp3) is 0.250. The van der Waals surface area contributed by atoms with Gasteiger partial charge >= 0.3 is 5.97 Å². The number of aromatic nitrogens is 1. The van der Waals surface area contributed by atoms with Crippen molar-refractivity contribution >= 4 is 33.7 Å². The van der Waals surface area contributed by atoms with Crippen LogP contribution in [0.2, 0.25) is 0 Å². The molecule has 0 aliphatic carbocycles. The summed E-state index contributed by atoms with van der Waals surface area (Å²) >= 11 is 0. The van der Waals surface area contributed by atoms with E-state index in [2.05, 4.69) is 5.32 Å². The molecule has 1 unspecified atom stereocenters. The second kappa shape index (κ2) is 6.51. The Morgan fingerprint density at radius 1 is 1.07 bits per heavy atom. The van der Waals surface area contributed by atoms with Crippen LogP contribution in [0.1, 0.15) is 6.42 Å². The molecule has 0 bridgehead atoms. The van der Waals surface area contributed by atoms with Crippen LogP contribution in [0, 0.1) is 0 Å². The minimum Gasteiger partial charge on any atom is -0.479 e. The van der Waals surface area contributed by atoms with Crippen molar-refractivity contribution < 1.29 is 19.4 Å². The molecule has 7 nitrogen and oxygen atoms in total. The van der Waals surface area contributed by atoms with E-state index in [1.165, 1.54) is 0 Å². The second-order valence-corrected chi connectivity index (χ2v) is 6.69. The highest BCUT2D eigenvalue weighted by Crippen LogP contribution is 2.21. The summed E-state index contributed by atoms with van der Waals surface area (Å²) in [7, 11) is 0. The summed E-state index contributed by atoms with van der Waals surface area (Å²) in [5, 5.41) is 13.2. The molecule has 2 heterocycles. The molecule has 1 saturated heterocycles. The Morgan fingerprint density at radius 3 is 2.19 bits per heavy atom. The summed E-state index contributed by atoms with van der Waals surface area (Å²) < 4.78 is 6.93. The zero-order valence-corrected chi connectivity index (χ0v) is 14.5. The van der Waals surface area contributed by atoms with Gasteiger partial charge in [-0.05, 0) is 24.3 Å². The molecule has 1 fully saturated rings. The largest absolute Gasteiger partial charge is 0.479 e. The third-order valence-corrected chi connectivity index (χ3v) is 4.99. The molecular formula is C20H18N2O5. The minimum atomic E-state index is -1.40. The lowest BCUT2D eigenvalue weighted by molar-refractivity contribution is -0.147. The first-order valence-electron chi connectivity index (χ1n) is 8.64. The normalized spacial score (nSPS) is 19.4. The quantitative estimate of drug-likeness (QED) is 0.682. The number of pyridine rings is 1. The highest BCUT2D eigenvalue weighted by Gasteiger charge is 2.43. The molecule has 1 amide bonds. The fourth-order valence-corrected chi connectivity index (χ4v) is 3.58. The van der Waals surface area contributed by atoms with Crippen molar-refractivity contribution in [2.45, 2.75) is 18.5 Å². The van der Waals surface area contributed by atoms with Gasteiger partial charge in [0.05, 0.1) is 17.6 Å². The zero-order chi connectivity index (χ0) is 19.0. The summed E-state index contributed by atoms with van der Waals surface area (Å²) in [6, 6.07) is 14.2. The molecule has 1 aliphatic heterocycles. The summed E-state index contributed by atoms with van der Waals surface area (Å²) in [4.78, 5) is 37.1. The Labute approximate surface area is 154 Å². The predicted molar refractivity (Wildman–Crippen MR) is 99.7 cm³/mol. The van der Waals surface area contributed by atoms with Crippen molar-refractivity contribution in [1.82, 2.24) is 9.88 Å². The maximum absolute atomic E-state index is 12.7. The summed E-state index contributed by atoms with van der Waals surface area (Å²) in [6.07, 6.45) is 0.222. The Bertz CT molecular complexity index is 1050. The number of nitrogens with one attached hydrogen (secondary N) is 1. The third kappa shape index (κ3) is 2.86. The van der Waals surface area contributed by atoms with Crippen LogP contribution in [-0.4, -0.2) is 40.3 Å². The van der Waals surface area contributed by atoms with Crippen LogP contribution in [0.4, 0.5) is 0 Å². The fourth-order valence-electron chi connectivity index (χ4n) is 3.58. The standard InChI is InChI=1S/C20H18N2O5/c23-17(21-20(19(25)26)9-10-27-12-20)11-22-15-7-3-1-5-13(15)18(24)14-6-2-4-8-16(14)22/h1-8H,9-12H2,(H,21,23)(H,25,26). The van der Waals surface area contributed by atoms with E-state index in [1.54, 1.807) is 53.1 Å². The highest BCUT2D eigenvalue weighted by molar-refractivity contribution is 5.95. The van der Waals surface area contributed by atoms with Gasteiger partial charge in [-0.25, -0.2) is 4.79 Å². The molecule has 0 spiro atoms. The Morgan fingerprint density at radius 2 is 1.67 bits per heavy atom. The Hall–Kier alpha value is -3.19. The lowest BCUT2D eigenvalue weighted by Crippen LogP contribution is -2.55. The first-order chi connectivity index (χ1) is 13.0. The molecule has 2 aromatic carbocycles. The van der Waals surface area contributed by atoms with Gasteiger partial charge in [0.2, 0.25) is 5.91 Å². The number of aliphatic carboxylic acids is 1. The molecule has 3 aromatic rings. The van der Waals surface area contributed by atoms with Gasteiger partial charge in [0, 0.05) is 23.8 Å². The van der Waals surface area contributed by atoms with Gasteiger partial charge in [0.15, 0.2) is 11.0 Å². The van der Waals surface area contributed by atoms with E-state index in [4.69, 9.17) is 4.74 Å². The van der Waals surface area contributed by atoms with Crippen molar-refractivity contribution in [2.75, 3.05) is 13.2 Å². The first kappa shape index (κ1) is 17.2. The summed E-state index contributed by atoms with van der Waals surface area (Å²) in [6.45, 7) is 0.131. The van der Waals surface area contributed by atoms with Crippen LogP contribution in [0.5, 0.6) is 0 Å². The van der Waals surface area contributed by atoms with Crippen LogP contribution < -0.4 is 10.7 Å². The number of rotatable bonds is 4. The second-order valence-electron chi connectivity index (χ2n) is 6.69. The highest BCUT2D eigenvalue weighted by atomic mass is 16.5. The number of nitrogens with zero attached hydrogens (tertiary/aromatic N) is 1. The smallest absolute Gasteiger partial charge is 0.331 e. The number of fused-ring (bicyclic) bond motifs is 2. The number of carbonyl (C=O) groups is 2. The number of carboxylic acid groups (broad SMARTS) is 1. The van der Waals surface area contributed by atoms with Crippen molar-refractivity contribution in [1.29, 1.82) is 0 Å². The van der Waals surface area contributed by atoms with Crippen LogP contribution in [0.15, 0.2) is 53.3 Å². The van der Waals surface area contributed by atoms with Crippen molar-refractivity contribution in [2.24, 2.45) is 0 Å². The van der Waals surface area contributed by atoms with Crippen molar-refractivity contribution in [3.05, 3.63) is 58.8 Å². The molecule has 1 aliphatic rings. The minimum absolute atomic E-state index is 0.0558.